The molecule has 0 spiro atoms. The van der Waals surface area contributed by atoms with Crippen molar-refractivity contribution in [2.45, 2.75) is 6.92 Å². The Balaban J connectivity index is 1.35. The lowest BCUT2D eigenvalue weighted by Gasteiger charge is -2.09. The lowest BCUT2D eigenvalue weighted by Crippen LogP contribution is -2.18. The molecule has 5 aromatic carbocycles. The standard InChI is InChI=1S/C32H24N4O2/c1-21-10-15-26(16-11-21)36-30(25-13-12-22-6-2-3-8-24(22)18-25)19-29(35-36)32(38)34-33-20-28-27-9-5-4-7-23(27)14-17-31(28)37/h2-20,37H,1H3,(H,34,38)/b33-20-. The predicted molar refractivity (Wildman–Crippen MR) is 152 cm³/mol. The van der Waals surface area contributed by atoms with Gasteiger partial charge >= 0.3 is 0 Å². The Labute approximate surface area is 219 Å². The molecule has 0 aliphatic carbocycles. The van der Waals surface area contributed by atoms with Crippen molar-refractivity contribution in [2.24, 2.45) is 5.10 Å². The maximum atomic E-state index is 13.1. The zero-order valence-corrected chi connectivity index (χ0v) is 20.7. The van der Waals surface area contributed by atoms with Crippen LogP contribution >= 0.6 is 0 Å². The first-order chi connectivity index (χ1) is 18.6. The Morgan fingerprint density at radius 3 is 2.37 bits per heavy atom. The second-order valence-corrected chi connectivity index (χ2v) is 9.14. The average Bonchev–Trinajstić information content (AvgIpc) is 3.40. The minimum absolute atomic E-state index is 0.0870. The van der Waals surface area contributed by atoms with Crippen molar-refractivity contribution in [1.82, 2.24) is 15.2 Å². The van der Waals surface area contributed by atoms with Gasteiger partial charge < -0.3 is 5.11 Å². The summed E-state index contributed by atoms with van der Waals surface area (Å²) in [6.45, 7) is 2.03. The van der Waals surface area contributed by atoms with Crippen LogP contribution in [-0.2, 0) is 0 Å². The van der Waals surface area contributed by atoms with E-state index in [0.29, 0.717) is 5.56 Å². The molecule has 0 atom stereocenters. The SMILES string of the molecule is Cc1ccc(-n2nc(C(=O)N/N=C\c3c(O)ccc4ccccc34)cc2-c2ccc3ccccc3c2)cc1. The van der Waals surface area contributed by atoms with Crippen LogP contribution in [0, 0.1) is 6.92 Å². The van der Waals surface area contributed by atoms with Gasteiger partial charge in [0.05, 0.1) is 17.6 Å². The van der Waals surface area contributed by atoms with Gasteiger partial charge in [0.2, 0.25) is 0 Å². The highest BCUT2D eigenvalue weighted by molar-refractivity contribution is 6.03. The van der Waals surface area contributed by atoms with Gasteiger partial charge in [0.15, 0.2) is 5.69 Å². The minimum atomic E-state index is -0.450. The summed E-state index contributed by atoms with van der Waals surface area (Å²) in [6, 6.07) is 35.3. The van der Waals surface area contributed by atoms with Gasteiger partial charge in [-0.2, -0.15) is 10.2 Å². The van der Waals surface area contributed by atoms with Gasteiger partial charge in [0.25, 0.3) is 5.91 Å². The molecule has 1 aromatic heterocycles. The average molecular weight is 497 g/mol. The number of aryl methyl sites for hydroxylation is 1. The number of hydrogen-bond acceptors (Lipinski definition) is 4. The number of hydrazone groups is 1. The minimum Gasteiger partial charge on any atom is -0.507 e. The fraction of sp³-hybridized carbons (Fsp3) is 0.0312. The maximum Gasteiger partial charge on any atom is 0.291 e. The number of fused-ring (bicyclic) bond motifs is 2. The first kappa shape index (κ1) is 23.2. The number of carbonyl (C=O) groups is 1. The summed E-state index contributed by atoms with van der Waals surface area (Å²) in [4.78, 5) is 13.1. The Morgan fingerprint density at radius 1 is 0.842 bits per heavy atom. The molecule has 0 fully saturated rings. The fourth-order valence-corrected chi connectivity index (χ4v) is 4.56. The van der Waals surface area contributed by atoms with Crippen molar-refractivity contribution in [2.75, 3.05) is 0 Å². The largest absolute Gasteiger partial charge is 0.507 e. The van der Waals surface area contributed by atoms with E-state index in [1.807, 2.05) is 79.7 Å². The Kier molecular flexibility index (Phi) is 5.90. The normalized spacial score (nSPS) is 11.4. The summed E-state index contributed by atoms with van der Waals surface area (Å²) in [6.07, 6.45) is 1.46. The number of nitrogens with zero attached hydrogens (tertiary/aromatic N) is 3. The Hall–Kier alpha value is -5.23. The molecule has 0 saturated carbocycles. The molecule has 0 aliphatic heterocycles. The monoisotopic (exact) mass is 496 g/mol. The van der Waals surface area contributed by atoms with Crippen LogP contribution in [0.2, 0.25) is 0 Å². The van der Waals surface area contributed by atoms with Crippen molar-refractivity contribution < 1.29 is 9.90 Å². The molecule has 0 radical (unpaired) electrons. The molecule has 1 heterocycles. The van der Waals surface area contributed by atoms with E-state index in [-0.39, 0.29) is 11.4 Å². The summed E-state index contributed by atoms with van der Waals surface area (Å²) in [5, 5.41) is 23.2. The van der Waals surface area contributed by atoms with E-state index in [1.54, 1.807) is 16.8 Å². The first-order valence-electron chi connectivity index (χ1n) is 12.3. The third kappa shape index (κ3) is 4.40. The molecule has 6 nitrogen and oxygen atoms in total. The van der Waals surface area contributed by atoms with Crippen molar-refractivity contribution in [1.29, 1.82) is 0 Å². The highest BCUT2D eigenvalue weighted by Crippen LogP contribution is 2.28. The summed E-state index contributed by atoms with van der Waals surface area (Å²) in [5.41, 5.74) is 7.05. The van der Waals surface area contributed by atoms with E-state index in [2.05, 4.69) is 39.9 Å². The van der Waals surface area contributed by atoms with Crippen LogP contribution in [0.15, 0.2) is 114 Å². The molecule has 0 saturated heterocycles. The van der Waals surface area contributed by atoms with Gasteiger partial charge in [-0.3, -0.25) is 4.79 Å². The molecule has 0 unspecified atom stereocenters. The number of nitrogens with one attached hydrogen (secondary N) is 1. The number of phenolic OH excluding ortho intramolecular Hbond substituents is 1. The maximum absolute atomic E-state index is 13.1. The molecular formula is C32H24N4O2. The van der Waals surface area contributed by atoms with Crippen molar-refractivity contribution in [3.63, 3.8) is 0 Å². The second kappa shape index (κ2) is 9.67. The number of aromatic nitrogens is 2. The Morgan fingerprint density at radius 2 is 1.55 bits per heavy atom. The molecule has 6 aromatic rings. The van der Waals surface area contributed by atoms with Gasteiger partial charge in [-0.05, 0) is 58.8 Å². The summed E-state index contributed by atoms with van der Waals surface area (Å²) in [5.74, 6) is -0.363. The highest BCUT2D eigenvalue weighted by atomic mass is 16.3. The molecule has 6 heteroatoms. The lowest BCUT2D eigenvalue weighted by molar-refractivity contribution is 0.0949. The zero-order chi connectivity index (χ0) is 26.1. The van der Waals surface area contributed by atoms with Crippen molar-refractivity contribution in [3.8, 4) is 22.7 Å². The summed E-state index contributed by atoms with van der Waals surface area (Å²) in [7, 11) is 0. The van der Waals surface area contributed by atoms with Gasteiger partial charge in [0.1, 0.15) is 5.75 Å². The molecule has 0 aliphatic rings. The first-order valence-corrected chi connectivity index (χ1v) is 12.3. The number of rotatable bonds is 5. The van der Waals surface area contributed by atoms with E-state index < -0.39 is 5.91 Å². The summed E-state index contributed by atoms with van der Waals surface area (Å²) >= 11 is 0. The van der Waals surface area contributed by atoms with Crippen LogP contribution in [0.4, 0.5) is 0 Å². The number of aromatic hydroxyl groups is 1. The van der Waals surface area contributed by atoms with Crippen molar-refractivity contribution in [3.05, 3.63) is 126 Å². The summed E-state index contributed by atoms with van der Waals surface area (Å²) < 4.78 is 1.78. The van der Waals surface area contributed by atoms with Crippen molar-refractivity contribution >= 4 is 33.7 Å². The molecule has 6 rings (SSSR count). The molecule has 38 heavy (non-hydrogen) atoms. The Bertz CT molecular complexity index is 1830. The molecule has 0 bridgehead atoms. The smallest absolute Gasteiger partial charge is 0.291 e. The van der Waals surface area contributed by atoms with Crippen LogP contribution in [0.5, 0.6) is 5.75 Å². The third-order valence-electron chi connectivity index (χ3n) is 6.57. The zero-order valence-electron chi connectivity index (χ0n) is 20.7. The number of amides is 1. The van der Waals surface area contributed by atoms with E-state index >= 15 is 0 Å². The van der Waals surface area contributed by atoms with Gasteiger partial charge in [-0.1, -0.05) is 84.4 Å². The van der Waals surface area contributed by atoms with E-state index in [1.165, 1.54) is 6.21 Å². The van der Waals surface area contributed by atoms with Crippen LogP contribution in [0.1, 0.15) is 21.6 Å². The van der Waals surface area contributed by atoms with Crippen LogP contribution < -0.4 is 5.43 Å². The van der Waals surface area contributed by atoms with Crippen LogP contribution in [0.3, 0.4) is 0 Å². The van der Waals surface area contributed by atoms with E-state index in [0.717, 1.165) is 44.1 Å². The fourth-order valence-electron chi connectivity index (χ4n) is 4.56. The molecule has 2 N–H and O–H groups in total. The molecule has 1 amide bonds. The van der Waals surface area contributed by atoms with Gasteiger partial charge in [-0.15, -0.1) is 0 Å². The quantitative estimate of drug-likeness (QED) is 0.208. The molecule has 184 valence electrons. The van der Waals surface area contributed by atoms with E-state index in [4.69, 9.17) is 0 Å². The number of benzene rings is 5. The topological polar surface area (TPSA) is 79.5 Å². The number of carbonyl (C=O) groups excluding carboxylic acids is 1. The number of phenols is 1. The number of hydrogen-bond donors (Lipinski definition) is 2. The second-order valence-electron chi connectivity index (χ2n) is 9.14. The van der Waals surface area contributed by atoms with E-state index in [9.17, 15) is 9.90 Å². The third-order valence-corrected chi connectivity index (χ3v) is 6.57. The van der Waals surface area contributed by atoms with Crippen LogP contribution in [-0.4, -0.2) is 27.0 Å². The lowest BCUT2D eigenvalue weighted by atomic mass is 10.0. The highest BCUT2D eigenvalue weighted by Gasteiger charge is 2.17. The van der Waals surface area contributed by atoms with Gasteiger partial charge in [-0.25, -0.2) is 10.1 Å². The van der Waals surface area contributed by atoms with Gasteiger partial charge in [0, 0.05) is 11.1 Å². The van der Waals surface area contributed by atoms with Crippen LogP contribution in [0.25, 0.3) is 38.5 Å². The molecular weight excluding hydrogens is 472 g/mol. The predicted octanol–water partition coefficient (Wildman–Crippen LogP) is 6.62.